The molecule has 12 heavy (non-hydrogen) atoms. The Bertz CT molecular complexity index is 164. The number of nitrogens with one attached hydrogen (secondary N) is 1. The Morgan fingerprint density at radius 3 is 2.58 bits per heavy atom. The van der Waals surface area contributed by atoms with Gasteiger partial charge in [0.05, 0.1) is 6.61 Å². The Labute approximate surface area is 72.8 Å². The van der Waals surface area contributed by atoms with E-state index in [0.29, 0.717) is 18.7 Å². The number of carbonyl (C=O) groups excluding carboxylic acids is 1. The van der Waals surface area contributed by atoms with E-state index in [1.165, 1.54) is 0 Å². The summed E-state index contributed by atoms with van der Waals surface area (Å²) in [5.41, 5.74) is 2.38. The fourth-order valence-electron chi connectivity index (χ4n) is 1.60. The van der Waals surface area contributed by atoms with Gasteiger partial charge in [0, 0.05) is 12.1 Å². The van der Waals surface area contributed by atoms with Crippen LogP contribution in [0, 0.1) is 0 Å². The number of nitrogens with zero attached hydrogens (tertiary/aromatic N) is 1. The van der Waals surface area contributed by atoms with E-state index in [4.69, 9.17) is 4.84 Å². The molecule has 0 aromatic rings. The molecule has 0 aromatic carbocycles. The van der Waals surface area contributed by atoms with Crippen molar-refractivity contribution in [3.8, 4) is 0 Å². The first-order valence-corrected chi connectivity index (χ1v) is 4.37. The van der Waals surface area contributed by atoms with Crippen LogP contribution in [0.15, 0.2) is 0 Å². The standard InChI is InChI=1S/C8H16N2O2/c1-4-12-9-8(11)10-6(2)5-7(10)3/h6-7H,4-5H2,1-3H3,(H,9,11). The lowest BCUT2D eigenvalue weighted by Gasteiger charge is -2.44. The smallest absolute Gasteiger partial charge is 0.317 e. The normalized spacial score (nSPS) is 28.1. The molecule has 0 bridgehead atoms. The summed E-state index contributed by atoms with van der Waals surface area (Å²) in [7, 11) is 0. The molecule has 1 aliphatic heterocycles. The molecule has 0 spiro atoms. The van der Waals surface area contributed by atoms with E-state index < -0.39 is 0 Å². The number of hydrogen-bond acceptors (Lipinski definition) is 2. The average molecular weight is 172 g/mol. The first kappa shape index (κ1) is 9.32. The highest BCUT2D eigenvalue weighted by atomic mass is 16.7. The van der Waals surface area contributed by atoms with Crippen molar-refractivity contribution in [2.45, 2.75) is 39.3 Å². The van der Waals surface area contributed by atoms with Crippen molar-refractivity contribution in [1.29, 1.82) is 0 Å². The van der Waals surface area contributed by atoms with Gasteiger partial charge in [-0.25, -0.2) is 10.3 Å². The SMILES string of the molecule is CCONC(=O)N1C(C)CC1C. The van der Waals surface area contributed by atoms with Crippen molar-refractivity contribution < 1.29 is 9.63 Å². The topological polar surface area (TPSA) is 41.6 Å². The Balaban J connectivity index is 2.31. The summed E-state index contributed by atoms with van der Waals surface area (Å²) in [6.07, 6.45) is 1.08. The summed E-state index contributed by atoms with van der Waals surface area (Å²) in [6, 6.07) is 0.573. The number of hydroxylamine groups is 1. The molecule has 0 radical (unpaired) electrons. The second-order valence-corrected chi connectivity index (χ2v) is 3.18. The lowest BCUT2D eigenvalue weighted by molar-refractivity contribution is 0.0155. The summed E-state index contributed by atoms with van der Waals surface area (Å²) >= 11 is 0. The zero-order valence-electron chi connectivity index (χ0n) is 7.83. The van der Waals surface area contributed by atoms with Crippen LogP contribution >= 0.6 is 0 Å². The van der Waals surface area contributed by atoms with Gasteiger partial charge in [0.15, 0.2) is 0 Å². The van der Waals surface area contributed by atoms with E-state index in [0.717, 1.165) is 6.42 Å². The van der Waals surface area contributed by atoms with Crippen molar-refractivity contribution >= 4 is 6.03 Å². The molecule has 0 aromatic heterocycles. The summed E-state index contributed by atoms with van der Waals surface area (Å²) in [4.78, 5) is 17.9. The van der Waals surface area contributed by atoms with E-state index in [2.05, 4.69) is 5.48 Å². The minimum Gasteiger partial charge on any atom is -0.317 e. The van der Waals surface area contributed by atoms with Crippen LogP contribution in [0.5, 0.6) is 0 Å². The molecule has 1 aliphatic rings. The first-order valence-electron chi connectivity index (χ1n) is 4.37. The Kier molecular flexibility index (Phi) is 2.92. The monoisotopic (exact) mass is 172 g/mol. The molecule has 2 amide bonds. The van der Waals surface area contributed by atoms with E-state index in [9.17, 15) is 4.79 Å². The summed E-state index contributed by atoms with van der Waals surface area (Å²) in [6.45, 7) is 6.41. The lowest BCUT2D eigenvalue weighted by atomic mass is 9.97. The molecule has 1 fully saturated rings. The van der Waals surface area contributed by atoms with Crippen LogP contribution in [-0.2, 0) is 4.84 Å². The van der Waals surface area contributed by atoms with Crippen molar-refractivity contribution in [1.82, 2.24) is 10.4 Å². The molecular formula is C8H16N2O2. The van der Waals surface area contributed by atoms with Gasteiger partial charge in [-0.15, -0.1) is 0 Å². The van der Waals surface area contributed by atoms with E-state index in [-0.39, 0.29) is 6.03 Å². The van der Waals surface area contributed by atoms with Crippen LogP contribution in [0.3, 0.4) is 0 Å². The van der Waals surface area contributed by atoms with Crippen LogP contribution in [0.25, 0.3) is 0 Å². The Morgan fingerprint density at radius 1 is 1.58 bits per heavy atom. The minimum atomic E-state index is -0.122. The van der Waals surface area contributed by atoms with Crippen molar-refractivity contribution in [3.05, 3.63) is 0 Å². The van der Waals surface area contributed by atoms with Crippen LogP contribution in [-0.4, -0.2) is 29.6 Å². The molecule has 0 aliphatic carbocycles. The van der Waals surface area contributed by atoms with Crippen LogP contribution in [0.2, 0.25) is 0 Å². The summed E-state index contributed by atoms with van der Waals surface area (Å²) < 4.78 is 0. The van der Waals surface area contributed by atoms with E-state index in [1.807, 2.05) is 20.8 Å². The Hall–Kier alpha value is -0.770. The molecular weight excluding hydrogens is 156 g/mol. The van der Waals surface area contributed by atoms with E-state index >= 15 is 0 Å². The largest absolute Gasteiger partial charge is 0.341 e. The van der Waals surface area contributed by atoms with Gasteiger partial charge in [0.2, 0.25) is 0 Å². The third-order valence-electron chi connectivity index (χ3n) is 2.17. The molecule has 2 unspecified atom stereocenters. The van der Waals surface area contributed by atoms with Gasteiger partial charge in [-0.2, -0.15) is 0 Å². The van der Waals surface area contributed by atoms with Crippen molar-refractivity contribution in [2.24, 2.45) is 0 Å². The highest BCUT2D eigenvalue weighted by molar-refractivity contribution is 5.74. The molecule has 0 saturated carbocycles. The quantitative estimate of drug-likeness (QED) is 0.634. The predicted octanol–water partition coefficient (Wildman–Crippen LogP) is 1.13. The van der Waals surface area contributed by atoms with Gasteiger partial charge >= 0.3 is 6.03 Å². The first-order chi connectivity index (χ1) is 5.66. The summed E-state index contributed by atoms with van der Waals surface area (Å²) in [5, 5.41) is 0. The number of rotatable bonds is 2. The van der Waals surface area contributed by atoms with Crippen molar-refractivity contribution in [2.75, 3.05) is 6.61 Å². The fourth-order valence-corrected chi connectivity index (χ4v) is 1.60. The van der Waals surface area contributed by atoms with Gasteiger partial charge in [-0.1, -0.05) is 0 Å². The number of hydrogen-bond donors (Lipinski definition) is 1. The second kappa shape index (κ2) is 3.76. The lowest BCUT2D eigenvalue weighted by Crippen LogP contribution is -2.58. The van der Waals surface area contributed by atoms with E-state index in [1.54, 1.807) is 4.90 Å². The molecule has 1 heterocycles. The van der Waals surface area contributed by atoms with Gasteiger partial charge in [-0.05, 0) is 27.2 Å². The fraction of sp³-hybridized carbons (Fsp3) is 0.875. The third kappa shape index (κ3) is 1.69. The molecule has 4 nitrogen and oxygen atoms in total. The molecule has 2 atom stereocenters. The van der Waals surface area contributed by atoms with Crippen LogP contribution in [0.1, 0.15) is 27.2 Å². The molecule has 4 heteroatoms. The Morgan fingerprint density at radius 2 is 2.17 bits per heavy atom. The maximum Gasteiger partial charge on any atom is 0.341 e. The maximum absolute atomic E-state index is 11.3. The van der Waals surface area contributed by atoms with Gasteiger partial charge in [0.25, 0.3) is 0 Å². The number of carbonyl (C=O) groups is 1. The van der Waals surface area contributed by atoms with Crippen molar-refractivity contribution in [3.63, 3.8) is 0 Å². The zero-order valence-corrected chi connectivity index (χ0v) is 7.83. The van der Waals surface area contributed by atoms with Gasteiger partial charge in [0.1, 0.15) is 0 Å². The molecule has 70 valence electrons. The van der Waals surface area contributed by atoms with Crippen LogP contribution < -0.4 is 5.48 Å². The minimum absolute atomic E-state index is 0.122. The predicted molar refractivity (Wildman–Crippen MR) is 45.5 cm³/mol. The van der Waals surface area contributed by atoms with Gasteiger partial charge < -0.3 is 4.90 Å². The second-order valence-electron chi connectivity index (χ2n) is 3.18. The third-order valence-corrected chi connectivity index (χ3v) is 2.17. The zero-order chi connectivity index (χ0) is 9.14. The highest BCUT2D eigenvalue weighted by Gasteiger charge is 2.35. The summed E-state index contributed by atoms with van der Waals surface area (Å²) in [5.74, 6) is 0. The number of likely N-dealkylation sites (tertiary alicyclic amines) is 1. The average Bonchev–Trinajstić information content (AvgIpc) is 2.00. The number of urea groups is 1. The molecule has 1 saturated heterocycles. The molecule has 1 rings (SSSR count). The number of amides is 2. The van der Waals surface area contributed by atoms with Crippen LogP contribution in [0.4, 0.5) is 4.79 Å². The van der Waals surface area contributed by atoms with Gasteiger partial charge in [-0.3, -0.25) is 4.84 Å². The molecule has 1 N–H and O–H groups in total. The highest BCUT2D eigenvalue weighted by Crippen LogP contribution is 2.24. The maximum atomic E-state index is 11.3.